The molecule has 7 aromatic rings. The molecule has 0 radical (unpaired) electrons. The highest BCUT2D eigenvalue weighted by Gasteiger charge is 2.51. The second kappa shape index (κ2) is 7.36. The van der Waals surface area contributed by atoms with Crippen LogP contribution in [0.2, 0.25) is 0 Å². The molecule has 39 heavy (non-hydrogen) atoms. The van der Waals surface area contributed by atoms with E-state index in [4.69, 9.17) is 0 Å². The number of nitrogens with zero attached hydrogens (tertiary/aromatic N) is 1. The summed E-state index contributed by atoms with van der Waals surface area (Å²) in [4.78, 5) is 0. The molecule has 182 valence electrons. The van der Waals surface area contributed by atoms with Crippen molar-refractivity contribution in [3.05, 3.63) is 161 Å². The second-order valence-corrected chi connectivity index (χ2v) is 11.0. The summed E-state index contributed by atoms with van der Waals surface area (Å²) in [6, 6.07) is 49.9. The third-order valence-electron chi connectivity index (χ3n) is 9.07. The standard InChI is InChI=1S/C38H25N/c1-24-20-22-25(23-21-24)26-12-8-13-29-27-10-2-4-15-31(27)38(36(26)29)32-16-5-7-19-35(32)39-34-18-6-3-11-28(34)30-14-9-17-33(38)37(30)39/h2-23H,1H3. The Labute approximate surface area is 227 Å². The van der Waals surface area contributed by atoms with Gasteiger partial charge in [0.1, 0.15) is 0 Å². The van der Waals surface area contributed by atoms with Gasteiger partial charge in [0.05, 0.1) is 22.1 Å². The van der Waals surface area contributed by atoms with Gasteiger partial charge in [-0.05, 0) is 63.6 Å². The van der Waals surface area contributed by atoms with Crippen LogP contribution in [0.25, 0.3) is 49.7 Å². The average molecular weight is 496 g/mol. The number of aromatic nitrogens is 1. The second-order valence-electron chi connectivity index (χ2n) is 11.0. The maximum atomic E-state index is 2.51. The van der Waals surface area contributed by atoms with Crippen molar-refractivity contribution in [2.75, 3.05) is 0 Å². The highest BCUT2D eigenvalue weighted by Crippen LogP contribution is 2.62. The zero-order valence-corrected chi connectivity index (χ0v) is 21.6. The first-order chi connectivity index (χ1) is 19.3. The SMILES string of the molecule is Cc1ccc(-c2cccc3c2C2(c4ccccc4-3)c3ccccc3-n3c4ccccc4c4cccc2c43)cc1. The van der Waals surface area contributed by atoms with Crippen molar-refractivity contribution in [2.45, 2.75) is 12.3 Å². The van der Waals surface area contributed by atoms with Gasteiger partial charge in [-0.25, -0.2) is 0 Å². The monoisotopic (exact) mass is 495 g/mol. The van der Waals surface area contributed by atoms with Crippen molar-refractivity contribution < 1.29 is 0 Å². The Bertz CT molecular complexity index is 2130. The van der Waals surface area contributed by atoms with Gasteiger partial charge in [-0.15, -0.1) is 0 Å². The van der Waals surface area contributed by atoms with Crippen LogP contribution in [0.1, 0.15) is 27.8 Å². The Morgan fingerprint density at radius 2 is 1.13 bits per heavy atom. The number of benzene rings is 6. The van der Waals surface area contributed by atoms with Gasteiger partial charge in [-0.3, -0.25) is 0 Å². The van der Waals surface area contributed by atoms with E-state index in [1.807, 2.05) is 0 Å². The van der Waals surface area contributed by atoms with Crippen molar-refractivity contribution >= 4 is 21.8 Å². The first kappa shape index (κ1) is 21.1. The van der Waals surface area contributed by atoms with Crippen LogP contribution in [0.15, 0.2) is 133 Å². The summed E-state index contributed by atoms with van der Waals surface area (Å²) < 4.78 is 2.51. The van der Waals surface area contributed by atoms with E-state index in [1.165, 1.54) is 77.6 Å². The molecule has 2 heterocycles. The van der Waals surface area contributed by atoms with Crippen LogP contribution < -0.4 is 0 Å². The molecule has 1 aliphatic heterocycles. The average Bonchev–Trinajstić information content (AvgIpc) is 3.49. The third kappa shape index (κ3) is 2.46. The molecule has 0 saturated heterocycles. The predicted octanol–water partition coefficient (Wildman–Crippen LogP) is 9.44. The van der Waals surface area contributed by atoms with E-state index in [9.17, 15) is 0 Å². The summed E-state index contributed by atoms with van der Waals surface area (Å²) in [7, 11) is 0. The number of para-hydroxylation sites is 3. The van der Waals surface area contributed by atoms with E-state index < -0.39 is 5.41 Å². The van der Waals surface area contributed by atoms with E-state index in [0.29, 0.717) is 0 Å². The molecule has 1 nitrogen and oxygen atoms in total. The Balaban J connectivity index is 1.55. The lowest BCUT2D eigenvalue weighted by molar-refractivity contribution is 0.750. The van der Waals surface area contributed by atoms with E-state index in [1.54, 1.807) is 0 Å². The normalized spacial score (nSPS) is 16.4. The van der Waals surface area contributed by atoms with E-state index in [0.717, 1.165) is 0 Å². The molecule has 1 aromatic heterocycles. The van der Waals surface area contributed by atoms with Crippen molar-refractivity contribution in [3.63, 3.8) is 0 Å². The lowest BCUT2D eigenvalue weighted by Gasteiger charge is -2.40. The first-order valence-corrected chi connectivity index (χ1v) is 13.7. The molecular formula is C38H25N. The number of hydrogen-bond acceptors (Lipinski definition) is 0. The van der Waals surface area contributed by atoms with Crippen LogP contribution in [-0.2, 0) is 5.41 Å². The predicted molar refractivity (Wildman–Crippen MR) is 162 cm³/mol. The highest BCUT2D eigenvalue weighted by molar-refractivity contribution is 6.13. The van der Waals surface area contributed by atoms with E-state index in [2.05, 4.69) is 145 Å². The number of rotatable bonds is 1. The fourth-order valence-corrected chi connectivity index (χ4v) is 7.60. The summed E-state index contributed by atoms with van der Waals surface area (Å²) in [5.41, 5.74) is 15.4. The molecule has 9 rings (SSSR count). The van der Waals surface area contributed by atoms with Gasteiger partial charge in [-0.1, -0.05) is 127 Å². The number of hydrogen-bond donors (Lipinski definition) is 0. The van der Waals surface area contributed by atoms with Crippen molar-refractivity contribution in [3.8, 4) is 27.9 Å². The first-order valence-electron chi connectivity index (χ1n) is 13.7. The minimum atomic E-state index is -0.423. The summed E-state index contributed by atoms with van der Waals surface area (Å²) in [5, 5.41) is 2.62. The maximum Gasteiger partial charge on any atom is 0.0760 e. The van der Waals surface area contributed by atoms with E-state index in [-0.39, 0.29) is 0 Å². The number of fused-ring (bicyclic) bond motifs is 12. The van der Waals surface area contributed by atoms with Crippen molar-refractivity contribution in [1.82, 2.24) is 4.57 Å². The Morgan fingerprint density at radius 3 is 2.03 bits per heavy atom. The zero-order valence-electron chi connectivity index (χ0n) is 21.6. The summed E-state index contributed by atoms with van der Waals surface area (Å²) in [6.45, 7) is 2.16. The molecule has 0 saturated carbocycles. The molecule has 0 fully saturated rings. The zero-order chi connectivity index (χ0) is 25.7. The highest BCUT2D eigenvalue weighted by atomic mass is 15.0. The maximum absolute atomic E-state index is 2.51. The molecule has 0 N–H and O–H groups in total. The molecule has 2 aliphatic rings. The van der Waals surface area contributed by atoms with Crippen LogP contribution >= 0.6 is 0 Å². The fourth-order valence-electron chi connectivity index (χ4n) is 7.60. The van der Waals surface area contributed by atoms with Crippen LogP contribution in [0, 0.1) is 6.92 Å². The Morgan fingerprint density at radius 1 is 0.487 bits per heavy atom. The molecule has 1 aliphatic carbocycles. The molecule has 0 bridgehead atoms. The van der Waals surface area contributed by atoms with Crippen molar-refractivity contribution in [1.29, 1.82) is 0 Å². The van der Waals surface area contributed by atoms with Gasteiger partial charge in [0.15, 0.2) is 0 Å². The lowest BCUT2D eigenvalue weighted by atomic mass is 9.64. The minimum Gasteiger partial charge on any atom is -0.309 e. The topological polar surface area (TPSA) is 4.93 Å². The summed E-state index contributed by atoms with van der Waals surface area (Å²) in [6.07, 6.45) is 0. The van der Waals surface area contributed by atoms with Gasteiger partial charge in [0.2, 0.25) is 0 Å². The Kier molecular flexibility index (Phi) is 3.98. The van der Waals surface area contributed by atoms with Gasteiger partial charge in [0.25, 0.3) is 0 Å². The summed E-state index contributed by atoms with van der Waals surface area (Å²) >= 11 is 0. The van der Waals surface area contributed by atoms with Gasteiger partial charge in [0, 0.05) is 10.8 Å². The smallest absolute Gasteiger partial charge is 0.0760 e. The third-order valence-corrected chi connectivity index (χ3v) is 9.07. The quantitative estimate of drug-likeness (QED) is 0.214. The molecule has 0 amide bonds. The fraction of sp³-hybridized carbons (Fsp3) is 0.0526. The van der Waals surface area contributed by atoms with Gasteiger partial charge in [-0.2, -0.15) is 0 Å². The Hall–Kier alpha value is -4.88. The largest absolute Gasteiger partial charge is 0.309 e. The van der Waals surface area contributed by atoms with Gasteiger partial charge >= 0.3 is 0 Å². The van der Waals surface area contributed by atoms with Crippen LogP contribution in [0.5, 0.6) is 0 Å². The molecule has 1 atom stereocenters. The van der Waals surface area contributed by atoms with Crippen LogP contribution in [0.4, 0.5) is 0 Å². The van der Waals surface area contributed by atoms with Crippen LogP contribution in [0.3, 0.4) is 0 Å². The van der Waals surface area contributed by atoms with Gasteiger partial charge < -0.3 is 4.57 Å². The lowest BCUT2D eigenvalue weighted by Crippen LogP contribution is -2.34. The molecule has 6 aromatic carbocycles. The molecule has 1 spiro atoms. The number of aryl methyl sites for hydroxylation is 1. The molecular weight excluding hydrogens is 470 g/mol. The molecule has 1 unspecified atom stereocenters. The van der Waals surface area contributed by atoms with Crippen LogP contribution in [-0.4, -0.2) is 4.57 Å². The van der Waals surface area contributed by atoms with Crippen molar-refractivity contribution in [2.24, 2.45) is 0 Å². The summed E-state index contributed by atoms with van der Waals surface area (Å²) in [5.74, 6) is 0. The van der Waals surface area contributed by atoms with E-state index >= 15 is 0 Å². The minimum absolute atomic E-state index is 0.423. The molecule has 1 heteroatoms.